The van der Waals surface area contributed by atoms with Crippen molar-refractivity contribution in [3.63, 3.8) is 0 Å². The second-order valence-corrected chi connectivity index (χ2v) is 10.7. The highest BCUT2D eigenvalue weighted by molar-refractivity contribution is 7.91. The van der Waals surface area contributed by atoms with Gasteiger partial charge >= 0.3 is 0 Å². The van der Waals surface area contributed by atoms with Crippen LogP contribution in [0.1, 0.15) is 30.5 Å². The largest absolute Gasteiger partial charge is 0.380 e. The average molecular weight is 476 g/mol. The molecule has 0 saturated heterocycles. The lowest BCUT2D eigenvalue weighted by Crippen LogP contribution is -2.43. The zero-order valence-corrected chi connectivity index (χ0v) is 18.7. The van der Waals surface area contributed by atoms with E-state index in [1.807, 2.05) is 30.3 Å². The molecule has 1 amide bonds. The first-order chi connectivity index (χ1) is 14.8. The summed E-state index contributed by atoms with van der Waals surface area (Å²) >= 11 is 6.75. The Balaban J connectivity index is 1.75. The van der Waals surface area contributed by atoms with Crippen LogP contribution in [0.3, 0.4) is 0 Å². The van der Waals surface area contributed by atoms with Crippen molar-refractivity contribution in [1.82, 2.24) is 15.2 Å². The van der Waals surface area contributed by atoms with Gasteiger partial charge in [0.25, 0.3) is 10.0 Å². The molecule has 1 unspecified atom stereocenters. The van der Waals surface area contributed by atoms with E-state index in [0.717, 1.165) is 27.5 Å². The number of carbonyl (C=O) groups excluding carboxylic acids is 2. The minimum Gasteiger partial charge on any atom is -0.380 e. The molecule has 1 aliphatic heterocycles. The van der Waals surface area contributed by atoms with E-state index in [9.17, 15) is 18.0 Å². The SMILES string of the molecule is CC1=C(N(C=O)NS(=O)(=O)c2ccc(Cl)s2)C(C2NC=Cc3ccccc32)=CC(=O)C1. The number of benzene rings is 1. The third kappa shape index (κ3) is 4.22. The predicted molar refractivity (Wildman–Crippen MR) is 119 cm³/mol. The third-order valence-electron chi connectivity index (χ3n) is 4.96. The normalized spacial score (nSPS) is 18.3. The summed E-state index contributed by atoms with van der Waals surface area (Å²) in [5.41, 5.74) is 3.30. The van der Waals surface area contributed by atoms with Gasteiger partial charge in [0.1, 0.15) is 4.21 Å². The first kappa shape index (κ1) is 21.5. The lowest BCUT2D eigenvalue weighted by atomic mass is 9.85. The quantitative estimate of drug-likeness (QED) is 0.492. The molecule has 160 valence electrons. The van der Waals surface area contributed by atoms with Crippen LogP contribution in [0.15, 0.2) is 69.7 Å². The van der Waals surface area contributed by atoms with Crippen molar-refractivity contribution in [1.29, 1.82) is 0 Å². The second kappa shape index (κ2) is 8.43. The van der Waals surface area contributed by atoms with E-state index in [4.69, 9.17) is 11.6 Å². The van der Waals surface area contributed by atoms with E-state index in [1.54, 1.807) is 13.1 Å². The first-order valence-corrected chi connectivity index (χ1v) is 12.0. The average Bonchev–Trinajstić information content (AvgIpc) is 3.19. The molecule has 31 heavy (non-hydrogen) atoms. The molecule has 2 aromatic rings. The van der Waals surface area contributed by atoms with E-state index in [-0.39, 0.29) is 16.4 Å². The van der Waals surface area contributed by atoms with Crippen LogP contribution in [0.25, 0.3) is 6.08 Å². The Morgan fingerprint density at radius 2 is 2.03 bits per heavy atom. The molecule has 0 radical (unpaired) electrons. The number of carbonyl (C=O) groups is 2. The Bertz CT molecular complexity index is 1260. The van der Waals surface area contributed by atoms with Gasteiger partial charge in [-0.1, -0.05) is 35.9 Å². The van der Waals surface area contributed by atoms with Gasteiger partial charge in [0, 0.05) is 12.0 Å². The number of amides is 1. The molecule has 1 aliphatic carbocycles. The fourth-order valence-electron chi connectivity index (χ4n) is 3.69. The number of hydrogen-bond acceptors (Lipinski definition) is 6. The van der Waals surface area contributed by atoms with Crippen LogP contribution in [0.5, 0.6) is 0 Å². The molecule has 2 N–H and O–H groups in total. The van der Waals surface area contributed by atoms with Gasteiger partial charge in [0.05, 0.1) is 16.1 Å². The highest BCUT2D eigenvalue weighted by atomic mass is 35.5. The van der Waals surface area contributed by atoms with Crippen molar-refractivity contribution < 1.29 is 18.0 Å². The van der Waals surface area contributed by atoms with Crippen molar-refractivity contribution in [2.45, 2.75) is 23.6 Å². The molecule has 7 nitrogen and oxygen atoms in total. The number of thiophene rings is 1. The van der Waals surface area contributed by atoms with Gasteiger partial charge in [-0.05, 0) is 54.1 Å². The molecule has 2 aliphatic rings. The maximum atomic E-state index is 12.8. The smallest absolute Gasteiger partial charge is 0.267 e. The van der Waals surface area contributed by atoms with E-state index in [0.29, 0.717) is 27.6 Å². The number of hydrogen-bond donors (Lipinski definition) is 2. The maximum absolute atomic E-state index is 12.8. The zero-order valence-electron chi connectivity index (χ0n) is 16.3. The summed E-state index contributed by atoms with van der Waals surface area (Å²) in [7, 11) is -4.05. The molecule has 1 atom stereocenters. The molecule has 0 bridgehead atoms. The fraction of sp³-hybridized carbons (Fsp3) is 0.143. The Hall–Kier alpha value is -2.72. The number of sulfonamides is 1. The third-order valence-corrected chi connectivity index (χ3v) is 7.99. The van der Waals surface area contributed by atoms with Crippen molar-refractivity contribution in [2.75, 3.05) is 0 Å². The van der Waals surface area contributed by atoms with Crippen molar-refractivity contribution >= 4 is 51.2 Å². The van der Waals surface area contributed by atoms with E-state index >= 15 is 0 Å². The summed E-state index contributed by atoms with van der Waals surface area (Å²) in [5, 5.41) is 4.14. The monoisotopic (exact) mass is 475 g/mol. The molecule has 0 spiro atoms. The second-order valence-electron chi connectivity index (χ2n) is 7.06. The van der Waals surface area contributed by atoms with Crippen molar-refractivity contribution in [2.24, 2.45) is 0 Å². The van der Waals surface area contributed by atoms with E-state index in [1.165, 1.54) is 18.2 Å². The number of nitrogens with zero attached hydrogens (tertiary/aromatic N) is 1. The standard InChI is InChI=1S/C21H18ClN3O4S2/c1-13-10-15(27)11-17(20-16-5-3-2-4-14(16)8-9-23-20)21(13)25(12-26)24-31(28,29)19-7-6-18(22)30-19/h2-9,11-12,20,23-24H,10H2,1H3. The molecular weight excluding hydrogens is 458 g/mol. The minimum absolute atomic E-state index is 0.0240. The molecule has 1 aromatic heterocycles. The summed E-state index contributed by atoms with van der Waals surface area (Å²) in [6, 6.07) is 10.1. The molecular formula is C21H18ClN3O4S2. The number of halogens is 1. The number of allylic oxidation sites excluding steroid dienone is 2. The first-order valence-electron chi connectivity index (χ1n) is 9.28. The summed E-state index contributed by atoms with van der Waals surface area (Å²) in [6.07, 6.45) is 5.61. The van der Waals surface area contributed by atoms with E-state index in [2.05, 4.69) is 10.1 Å². The summed E-state index contributed by atoms with van der Waals surface area (Å²) < 4.78 is 25.9. The number of ketones is 1. The van der Waals surface area contributed by atoms with Gasteiger partial charge in [-0.2, -0.15) is 0 Å². The Morgan fingerprint density at radius 1 is 1.26 bits per heavy atom. The topological polar surface area (TPSA) is 95.6 Å². The lowest BCUT2D eigenvalue weighted by molar-refractivity contribution is -0.118. The summed E-state index contributed by atoms with van der Waals surface area (Å²) in [4.78, 5) is 26.7. The molecule has 0 saturated carbocycles. The molecule has 0 fully saturated rings. The van der Waals surface area contributed by atoms with Gasteiger partial charge in [0.15, 0.2) is 5.78 Å². The molecule has 1 aromatic carbocycles. The Labute approximate surface area is 188 Å². The summed E-state index contributed by atoms with van der Waals surface area (Å²) in [6.45, 7) is 1.71. The van der Waals surface area contributed by atoms with Crippen LogP contribution in [-0.4, -0.2) is 25.6 Å². The zero-order chi connectivity index (χ0) is 22.2. The number of rotatable bonds is 6. The van der Waals surface area contributed by atoms with Crippen LogP contribution in [-0.2, 0) is 19.6 Å². The van der Waals surface area contributed by atoms with Gasteiger partial charge in [-0.25, -0.2) is 13.4 Å². The molecule has 10 heteroatoms. The van der Waals surface area contributed by atoms with Crippen LogP contribution >= 0.6 is 22.9 Å². The van der Waals surface area contributed by atoms with Crippen LogP contribution in [0.2, 0.25) is 4.34 Å². The van der Waals surface area contributed by atoms with Crippen LogP contribution < -0.4 is 10.1 Å². The fourth-order valence-corrected chi connectivity index (χ4v) is 6.16. The predicted octanol–water partition coefficient (Wildman–Crippen LogP) is 3.54. The maximum Gasteiger partial charge on any atom is 0.267 e. The number of hydrazine groups is 1. The number of nitrogens with one attached hydrogen (secondary N) is 2. The highest BCUT2D eigenvalue weighted by Gasteiger charge is 2.33. The van der Waals surface area contributed by atoms with Crippen LogP contribution in [0, 0.1) is 0 Å². The highest BCUT2D eigenvalue weighted by Crippen LogP contribution is 2.37. The van der Waals surface area contributed by atoms with Crippen LogP contribution in [0.4, 0.5) is 0 Å². The number of fused-ring (bicyclic) bond motifs is 1. The van der Waals surface area contributed by atoms with E-state index < -0.39 is 16.1 Å². The van der Waals surface area contributed by atoms with Gasteiger partial charge < -0.3 is 5.32 Å². The lowest BCUT2D eigenvalue weighted by Gasteiger charge is -2.33. The Kier molecular flexibility index (Phi) is 5.85. The van der Waals surface area contributed by atoms with Gasteiger partial charge in [-0.3, -0.25) is 9.59 Å². The minimum atomic E-state index is -4.05. The molecule has 4 rings (SSSR count). The van der Waals surface area contributed by atoms with Crippen molar-refractivity contribution in [3.8, 4) is 0 Å². The van der Waals surface area contributed by atoms with Gasteiger partial charge in [0.2, 0.25) is 6.41 Å². The molecule has 2 heterocycles. The van der Waals surface area contributed by atoms with Crippen molar-refractivity contribution in [3.05, 3.63) is 81.0 Å². The Morgan fingerprint density at radius 3 is 2.74 bits per heavy atom. The summed E-state index contributed by atoms with van der Waals surface area (Å²) in [5.74, 6) is -0.121. The van der Waals surface area contributed by atoms with Gasteiger partial charge in [-0.15, -0.1) is 16.2 Å².